The summed E-state index contributed by atoms with van der Waals surface area (Å²) in [5, 5.41) is 8.23. The number of hydrogen-bond acceptors (Lipinski definition) is 6. The van der Waals surface area contributed by atoms with Crippen molar-refractivity contribution in [3.63, 3.8) is 0 Å². The lowest BCUT2D eigenvalue weighted by atomic mass is 9.91. The van der Waals surface area contributed by atoms with Crippen LogP contribution in [0, 0.1) is 4.78 Å². The molecule has 1 aromatic carbocycles. The molecule has 1 unspecified atom stereocenters. The van der Waals surface area contributed by atoms with E-state index in [1.807, 2.05) is 12.1 Å². The summed E-state index contributed by atoms with van der Waals surface area (Å²) >= 11 is 0. The molecule has 2 heterocycles. The smallest absolute Gasteiger partial charge is 0.407 e. The minimum absolute atomic E-state index is 0.00558. The summed E-state index contributed by atoms with van der Waals surface area (Å²) in [5.74, 6) is -0.0353. The molecule has 2 aliphatic rings. The standard InChI is InChI=1S/C21H24N4O5S/c1-30-20-9-14(7-8-23-20)17-6-5-13-3-2-4-16(13)18(17)10-19(26)24-31(22,29)15-11-25(12-15)21(27)28/h5-9,15H,2-4,10-12H2,1H3,(H,27,28)(H2,22,24,26,29). The van der Waals surface area contributed by atoms with Gasteiger partial charge in [0.05, 0.1) is 18.8 Å². The van der Waals surface area contributed by atoms with Crippen LogP contribution in [-0.2, 0) is 34.0 Å². The molecule has 0 spiro atoms. The second-order valence-corrected chi connectivity index (χ2v) is 9.85. The highest BCUT2D eigenvalue weighted by molar-refractivity contribution is 7.91. The Labute approximate surface area is 180 Å². The molecular weight excluding hydrogens is 420 g/mol. The fourth-order valence-corrected chi connectivity index (χ4v) is 5.51. The maximum atomic E-state index is 12.8. The highest BCUT2D eigenvalue weighted by atomic mass is 32.2. The van der Waals surface area contributed by atoms with Crippen LogP contribution in [0.1, 0.15) is 23.1 Å². The highest BCUT2D eigenvalue weighted by Crippen LogP contribution is 2.34. The highest BCUT2D eigenvalue weighted by Gasteiger charge is 2.38. The van der Waals surface area contributed by atoms with Crippen molar-refractivity contribution >= 4 is 21.9 Å². The van der Waals surface area contributed by atoms with E-state index in [1.165, 1.54) is 5.56 Å². The lowest BCUT2D eigenvalue weighted by Gasteiger charge is -2.37. The molecule has 164 valence electrons. The molecule has 2 amide bonds. The zero-order chi connectivity index (χ0) is 22.2. The fraction of sp³-hybridized carbons (Fsp3) is 0.381. The van der Waals surface area contributed by atoms with Gasteiger partial charge in [-0.2, -0.15) is 0 Å². The quantitative estimate of drug-likeness (QED) is 0.626. The van der Waals surface area contributed by atoms with Gasteiger partial charge in [-0.25, -0.2) is 18.8 Å². The van der Waals surface area contributed by atoms with Crippen molar-refractivity contribution in [2.75, 3.05) is 20.2 Å². The van der Waals surface area contributed by atoms with Crippen molar-refractivity contribution in [2.45, 2.75) is 30.9 Å². The predicted molar refractivity (Wildman–Crippen MR) is 114 cm³/mol. The number of aromatic nitrogens is 1. The average molecular weight is 445 g/mol. The van der Waals surface area contributed by atoms with Crippen LogP contribution in [0.15, 0.2) is 30.5 Å². The number of carbonyl (C=O) groups is 2. The molecule has 0 bridgehead atoms. The molecule has 31 heavy (non-hydrogen) atoms. The lowest BCUT2D eigenvalue weighted by Crippen LogP contribution is -2.59. The molecule has 1 fully saturated rings. The number of methoxy groups -OCH3 is 1. The van der Waals surface area contributed by atoms with E-state index in [9.17, 15) is 13.8 Å². The first-order valence-electron chi connectivity index (χ1n) is 9.98. The summed E-state index contributed by atoms with van der Waals surface area (Å²) in [7, 11) is -1.90. The Kier molecular flexibility index (Phi) is 5.57. The van der Waals surface area contributed by atoms with Gasteiger partial charge in [0, 0.05) is 25.4 Å². The summed E-state index contributed by atoms with van der Waals surface area (Å²) in [5.41, 5.74) is 4.94. The first kappa shape index (κ1) is 21.1. The van der Waals surface area contributed by atoms with Gasteiger partial charge in [0.2, 0.25) is 11.8 Å². The van der Waals surface area contributed by atoms with Gasteiger partial charge in [0.25, 0.3) is 0 Å². The van der Waals surface area contributed by atoms with E-state index in [2.05, 4.69) is 15.8 Å². The largest absolute Gasteiger partial charge is 0.481 e. The van der Waals surface area contributed by atoms with Gasteiger partial charge in [-0.3, -0.25) is 9.52 Å². The number of rotatable bonds is 6. The number of aryl methyl sites for hydroxylation is 1. The van der Waals surface area contributed by atoms with Gasteiger partial charge in [-0.15, -0.1) is 0 Å². The SMILES string of the molecule is COc1cc(-c2ccc3c(c2CC(=O)NS(=N)(=O)C2CN(C(=O)O)C2)CCC3)ccn1. The van der Waals surface area contributed by atoms with Crippen LogP contribution in [-0.4, -0.2) is 56.6 Å². The number of nitrogens with zero attached hydrogens (tertiary/aromatic N) is 2. The van der Waals surface area contributed by atoms with E-state index >= 15 is 0 Å². The molecule has 10 heteroatoms. The molecule has 3 N–H and O–H groups in total. The number of likely N-dealkylation sites (tertiary alicyclic amines) is 1. The number of hydrogen-bond donors (Lipinski definition) is 3. The van der Waals surface area contributed by atoms with Gasteiger partial charge in [0.1, 0.15) is 9.92 Å². The van der Waals surface area contributed by atoms with Crippen LogP contribution < -0.4 is 9.46 Å². The predicted octanol–water partition coefficient (Wildman–Crippen LogP) is 2.23. The summed E-state index contributed by atoms with van der Waals surface area (Å²) in [4.78, 5) is 28.9. The molecule has 1 saturated heterocycles. The number of benzene rings is 1. The topological polar surface area (TPSA) is 133 Å². The molecule has 1 aromatic heterocycles. The third-order valence-corrected chi connectivity index (χ3v) is 7.61. The Bertz CT molecular complexity index is 1140. The first-order chi connectivity index (χ1) is 14.8. The molecule has 1 atom stereocenters. The van der Waals surface area contributed by atoms with Crippen molar-refractivity contribution in [1.29, 1.82) is 4.78 Å². The normalized spacial score (nSPS) is 17.4. The number of fused-ring (bicyclic) bond motifs is 1. The van der Waals surface area contributed by atoms with Crippen molar-refractivity contribution < 1.29 is 23.6 Å². The Morgan fingerprint density at radius 3 is 2.81 bits per heavy atom. The van der Waals surface area contributed by atoms with Crippen LogP contribution >= 0.6 is 0 Å². The number of amides is 2. The molecule has 1 aliphatic carbocycles. The van der Waals surface area contributed by atoms with Gasteiger partial charge < -0.3 is 14.7 Å². The Balaban J connectivity index is 1.58. The summed E-state index contributed by atoms with van der Waals surface area (Å²) < 4.78 is 28.4. The van der Waals surface area contributed by atoms with E-state index in [0.717, 1.165) is 46.4 Å². The molecule has 9 nitrogen and oxygen atoms in total. The van der Waals surface area contributed by atoms with E-state index in [4.69, 9.17) is 14.6 Å². The second-order valence-electron chi connectivity index (χ2n) is 7.78. The zero-order valence-electron chi connectivity index (χ0n) is 17.1. The molecule has 4 rings (SSSR count). The maximum absolute atomic E-state index is 12.8. The number of pyridine rings is 1. The first-order valence-corrected chi connectivity index (χ1v) is 11.6. The van der Waals surface area contributed by atoms with Crippen molar-refractivity contribution in [2.24, 2.45) is 0 Å². The number of ether oxygens (including phenoxy) is 1. The second kappa shape index (κ2) is 8.18. The third kappa shape index (κ3) is 4.20. The monoisotopic (exact) mass is 444 g/mol. The molecule has 2 aromatic rings. The van der Waals surface area contributed by atoms with Crippen molar-refractivity contribution in [3.8, 4) is 17.0 Å². The molecule has 0 radical (unpaired) electrons. The van der Waals surface area contributed by atoms with Gasteiger partial charge in [0.15, 0.2) is 0 Å². The van der Waals surface area contributed by atoms with Crippen LogP contribution in [0.4, 0.5) is 4.79 Å². The number of nitrogens with one attached hydrogen (secondary N) is 2. The third-order valence-electron chi connectivity index (χ3n) is 5.85. The van der Waals surface area contributed by atoms with Crippen molar-refractivity contribution in [1.82, 2.24) is 14.6 Å². The number of carbonyl (C=O) groups excluding carboxylic acids is 1. The van der Waals surface area contributed by atoms with Gasteiger partial charge >= 0.3 is 6.09 Å². The van der Waals surface area contributed by atoms with E-state index in [0.29, 0.717) is 5.88 Å². The summed E-state index contributed by atoms with van der Waals surface area (Å²) in [6.07, 6.45) is 3.35. The fourth-order valence-electron chi connectivity index (χ4n) is 4.16. The molecule has 0 saturated carbocycles. The van der Waals surface area contributed by atoms with E-state index < -0.39 is 27.2 Å². The van der Waals surface area contributed by atoms with Gasteiger partial charge in [-0.05, 0) is 53.1 Å². The number of carboxylic acid groups (broad SMARTS) is 1. The van der Waals surface area contributed by atoms with Crippen LogP contribution in [0.5, 0.6) is 5.88 Å². The lowest BCUT2D eigenvalue weighted by molar-refractivity contribution is -0.118. The minimum atomic E-state index is -3.45. The van der Waals surface area contributed by atoms with Gasteiger partial charge in [-0.1, -0.05) is 12.1 Å². The van der Waals surface area contributed by atoms with Crippen LogP contribution in [0.25, 0.3) is 11.1 Å². The Hall–Kier alpha value is -3.14. The molecule has 1 aliphatic heterocycles. The average Bonchev–Trinajstić information content (AvgIpc) is 3.15. The van der Waals surface area contributed by atoms with Crippen molar-refractivity contribution in [3.05, 3.63) is 47.2 Å². The van der Waals surface area contributed by atoms with Crippen LogP contribution in [0.3, 0.4) is 0 Å². The minimum Gasteiger partial charge on any atom is -0.481 e. The Morgan fingerprint density at radius 2 is 2.10 bits per heavy atom. The maximum Gasteiger partial charge on any atom is 0.407 e. The van der Waals surface area contributed by atoms with E-state index in [-0.39, 0.29) is 19.5 Å². The zero-order valence-corrected chi connectivity index (χ0v) is 17.9. The summed E-state index contributed by atoms with van der Waals surface area (Å²) in [6, 6.07) is 7.72. The van der Waals surface area contributed by atoms with E-state index in [1.54, 1.807) is 19.4 Å². The molecular formula is C21H24N4O5S. The Morgan fingerprint density at radius 1 is 1.32 bits per heavy atom. The van der Waals surface area contributed by atoms with Crippen LogP contribution in [0.2, 0.25) is 0 Å². The summed E-state index contributed by atoms with van der Waals surface area (Å²) in [6.45, 7) is -0.0263.